The molecule has 3 N–H and O–H groups in total. The summed E-state index contributed by atoms with van der Waals surface area (Å²) in [6.45, 7) is 2.72. The Morgan fingerprint density at radius 3 is 2.75 bits per heavy atom. The van der Waals surface area contributed by atoms with Gasteiger partial charge in [-0.2, -0.15) is 0 Å². The van der Waals surface area contributed by atoms with E-state index in [-0.39, 0.29) is 12.1 Å². The van der Waals surface area contributed by atoms with Crippen LogP contribution in [0.15, 0.2) is 29.2 Å². The number of benzene rings is 1. The zero-order chi connectivity index (χ0) is 14.5. The van der Waals surface area contributed by atoms with Crippen molar-refractivity contribution >= 4 is 17.9 Å². The highest BCUT2D eigenvalue weighted by molar-refractivity contribution is 7.99. The van der Waals surface area contributed by atoms with E-state index >= 15 is 0 Å². The highest BCUT2D eigenvalue weighted by Crippen LogP contribution is 2.28. The van der Waals surface area contributed by atoms with Gasteiger partial charge in [0.15, 0.2) is 0 Å². The second-order valence-corrected chi connectivity index (χ2v) is 6.40. The van der Waals surface area contributed by atoms with Crippen molar-refractivity contribution < 1.29 is 9.90 Å². The highest BCUT2D eigenvalue weighted by atomic mass is 32.2. The number of hydrogen-bond acceptors (Lipinski definition) is 3. The van der Waals surface area contributed by atoms with Crippen LogP contribution in [0.2, 0.25) is 0 Å². The van der Waals surface area contributed by atoms with E-state index in [1.807, 2.05) is 12.1 Å². The van der Waals surface area contributed by atoms with Crippen molar-refractivity contribution in [2.75, 3.05) is 12.3 Å². The molecular weight excluding hydrogens is 272 g/mol. The average molecular weight is 294 g/mol. The Labute approximate surface area is 124 Å². The van der Waals surface area contributed by atoms with Crippen LogP contribution in [-0.2, 0) is 0 Å². The Kier molecular flexibility index (Phi) is 5.31. The predicted molar refractivity (Wildman–Crippen MR) is 82.1 cm³/mol. The fourth-order valence-electron chi connectivity index (χ4n) is 2.74. The first-order valence-corrected chi connectivity index (χ1v) is 8.10. The van der Waals surface area contributed by atoms with Gasteiger partial charge in [-0.15, -0.1) is 11.8 Å². The summed E-state index contributed by atoms with van der Waals surface area (Å²) in [7, 11) is 0. The minimum absolute atomic E-state index is 0.106. The molecule has 4 nitrogen and oxygen atoms in total. The Morgan fingerprint density at radius 1 is 1.45 bits per heavy atom. The Hall–Kier alpha value is -1.20. The second kappa shape index (κ2) is 6.99. The van der Waals surface area contributed by atoms with Crippen LogP contribution in [0.25, 0.3) is 0 Å². The van der Waals surface area contributed by atoms with E-state index < -0.39 is 6.09 Å². The molecular formula is C15H22N2O2S. The molecule has 0 aromatic heterocycles. The quantitative estimate of drug-likeness (QED) is 0.836. The normalized spacial score (nSPS) is 20.7. The van der Waals surface area contributed by atoms with Crippen molar-refractivity contribution in [1.29, 1.82) is 0 Å². The summed E-state index contributed by atoms with van der Waals surface area (Å²) in [6.07, 6.45) is 1.97. The van der Waals surface area contributed by atoms with Gasteiger partial charge in [0.05, 0.1) is 12.1 Å². The monoisotopic (exact) mass is 294 g/mol. The Bertz CT molecular complexity index is 450. The first kappa shape index (κ1) is 15.2. The molecule has 0 saturated carbocycles. The third-order valence-corrected chi connectivity index (χ3v) is 4.68. The van der Waals surface area contributed by atoms with Crippen LogP contribution in [0, 0.1) is 0 Å². The van der Waals surface area contributed by atoms with E-state index in [9.17, 15) is 9.90 Å². The van der Waals surface area contributed by atoms with Gasteiger partial charge in [-0.1, -0.05) is 19.1 Å². The van der Waals surface area contributed by atoms with E-state index in [4.69, 9.17) is 5.73 Å². The summed E-state index contributed by atoms with van der Waals surface area (Å²) in [6, 6.07) is 7.83. The van der Waals surface area contributed by atoms with Crippen LogP contribution in [0.1, 0.15) is 37.8 Å². The fraction of sp³-hybridized carbons (Fsp3) is 0.533. The molecule has 0 radical (unpaired) electrons. The van der Waals surface area contributed by atoms with E-state index in [1.165, 1.54) is 9.80 Å². The number of nitrogens with two attached hydrogens (primary N) is 1. The summed E-state index contributed by atoms with van der Waals surface area (Å²) >= 11 is 1.79. The lowest BCUT2D eigenvalue weighted by Gasteiger charge is -2.37. The number of amides is 1. The van der Waals surface area contributed by atoms with Crippen LogP contribution < -0.4 is 5.73 Å². The topological polar surface area (TPSA) is 66.6 Å². The summed E-state index contributed by atoms with van der Waals surface area (Å²) in [4.78, 5) is 14.0. The molecule has 110 valence electrons. The maximum atomic E-state index is 11.3. The van der Waals surface area contributed by atoms with Crippen molar-refractivity contribution in [3.05, 3.63) is 29.8 Å². The lowest BCUT2D eigenvalue weighted by Crippen LogP contribution is -2.48. The largest absolute Gasteiger partial charge is 0.465 e. The molecule has 1 aliphatic heterocycles. The van der Waals surface area contributed by atoms with Crippen LogP contribution in [0.3, 0.4) is 0 Å². The summed E-state index contributed by atoms with van der Waals surface area (Å²) in [5.41, 5.74) is 7.33. The molecule has 2 unspecified atom stereocenters. The van der Waals surface area contributed by atoms with E-state index in [0.717, 1.165) is 30.6 Å². The predicted octanol–water partition coefficient (Wildman–Crippen LogP) is 3.33. The molecule has 2 rings (SSSR count). The zero-order valence-electron chi connectivity index (χ0n) is 11.8. The minimum Gasteiger partial charge on any atom is -0.465 e. The van der Waals surface area contributed by atoms with Crippen molar-refractivity contribution in [3.8, 4) is 0 Å². The second-order valence-electron chi connectivity index (χ2n) is 5.07. The van der Waals surface area contributed by atoms with E-state index in [0.29, 0.717) is 6.54 Å². The van der Waals surface area contributed by atoms with Crippen LogP contribution in [-0.4, -0.2) is 34.4 Å². The van der Waals surface area contributed by atoms with Crippen LogP contribution in [0.5, 0.6) is 0 Å². The van der Waals surface area contributed by atoms with Crippen molar-refractivity contribution in [2.24, 2.45) is 5.73 Å². The fourth-order valence-corrected chi connectivity index (χ4v) is 3.41. The smallest absolute Gasteiger partial charge is 0.407 e. The first-order chi connectivity index (χ1) is 9.63. The Morgan fingerprint density at radius 2 is 2.15 bits per heavy atom. The number of carboxylic acid groups (broad SMARTS) is 1. The standard InChI is InChI=1S/C15H22N2O2S/c1-2-20-12-8-6-11(7-9-12)14(16)13-5-3-4-10-17(13)15(18)19/h6-9,13-14H,2-5,10,16H2,1H3,(H,18,19). The van der Waals surface area contributed by atoms with Gasteiger partial charge >= 0.3 is 6.09 Å². The maximum absolute atomic E-state index is 11.3. The van der Waals surface area contributed by atoms with Crippen LogP contribution in [0.4, 0.5) is 4.79 Å². The van der Waals surface area contributed by atoms with Gasteiger partial charge in [0.1, 0.15) is 0 Å². The van der Waals surface area contributed by atoms with E-state index in [2.05, 4.69) is 19.1 Å². The SMILES string of the molecule is CCSc1ccc(C(N)C2CCCCN2C(=O)O)cc1. The van der Waals surface area contributed by atoms with Crippen molar-refractivity contribution in [2.45, 2.75) is 43.2 Å². The molecule has 1 aromatic rings. The number of hydrogen-bond donors (Lipinski definition) is 2. The van der Waals surface area contributed by atoms with Gasteiger partial charge in [-0.05, 0) is 42.7 Å². The number of piperidine rings is 1. The molecule has 1 aromatic carbocycles. The van der Waals surface area contributed by atoms with Gasteiger partial charge in [0.2, 0.25) is 0 Å². The number of carbonyl (C=O) groups is 1. The van der Waals surface area contributed by atoms with E-state index in [1.54, 1.807) is 11.8 Å². The number of likely N-dealkylation sites (tertiary alicyclic amines) is 1. The summed E-state index contributed by atoms with van der Waals surface area (Å²) < 4.78 is 0. The molecule has 1 aliphatic rings. The molecule has 1 fully saturated rings. The molecule has 2 atom stereocenters. The van der Waals surface area contributed by atoms with Gasteiger partial charge in [0, 0.05) is 11.4 Å². The lowest BCUT2D eigenvalue weighted by molar-refractivity contribution is 0.0967. The van der Waals surface area contributed by atoms with Gasteiger partial charge in [-0.3, -0.25) is 0 Å². The lowest BCUT2D eigenvalue weighted by atomic mass is 9.92. The summed E-state index contributed by atoms with van der Waals surface area (Å²) in [5, 5.41) is 9.29. The molecule has 1 heterocycles. The number of rotatable bonds is 4. The average Bonchev–Trinajstić information content (AvgIpc) is 2.47. The molecule has 1 saturated heterocycles. The number of nitrogens with zero attached hydrogens (tertiary/aromatic N) is 1. The zero-order valence-corrected chi connectivity index (χ0v) is 12.6. The summed E-state index contributed by atoms with van der Waals surface area (Å²) in [5.74, 6) is 1.04. The third kappa shape index (κ3) is 3.46. The molecule has 0 aliphatic carbocycles. The van der Waals surface area contributed by atoms with Gasteiger partial charge < -0.3 is 15.7 Å². The van der Waals surface area contributed by atoms with Crippen molar-refractivity contribution in [3.63, 3.8) is 0 Å². The first-order valence-electron chi connectivity index (χ1n) is 7.11. The minimum atomic E-state index is -0.858. The third-order valence-electron chi connectivity index (χ3n) is 3.79. The van der Waals surface area contributed by atoms with Gasteiger partial charge in [0.25, 0.3) is 0 Å². The molecule has 1 amide bonds. The van der Waals surface area contributed by atoms with Gasteiger partial charge in [-0.25, -0.2) is 4.79 Å². The molecule has 5 heteroatoms. The molecule has 0 bridgehead atoms. The maximum Gasteiger partial charge on any atom is 0.407 e. The Balaban J connectivity index is 2.12. The number of thioether (sulfide) groups is 1. The highest BCUT2D eigenvalue weighted by Gasteiger charge is 2.31. The molecule has 20 heavy (non-hydrogen) atoms. The molecule has 0 spiro atoms. The van der Waals surface area contributed by atoms with Crippen molar-refractivity contribution in [1.82, 2.24) is 4.90 Å². The van der Waals surface area contributed by atoms with Crippen LogP contribution >= 0.6 is 11.8 Å².